The number of nitrogens with two attached hydrogens (primary N) is 1. The molecule has 0 spiro atoms. The first-order valence-electron chi connectivity index (χ1n) is 3.07. The zero-order chi connectivity index (χ0) is 8.43. The van der Waals surface area contributed by atoms with E-state index < -0.39 is 5.82 Å². The molecule has 60 valence electrons. The normalized spacial score (nSPS) is 9.73. The molecule has 0 aromatic heterocycles. The van der Waals surface area contributed by atoms with Gasteiger partial charge in [-0.2, -0.15) is 0 Å². The van der Waals surface area contributed by atoms with Gasteiger partial charge in [-0.1, -0.05) is 0 Å². The van der Waals surface area contributed by atoms with Gasteiger partial charge in [0.1, 0.15) is 5.82 Å². The molecule has 0 aliphatic heterocycles. The summed E-state index contributed by atoms with van der Waals surface area (Å²) in [6, 6.07) is 3.94. The molecule has 0 amide bonds. The predicted octanol–water partition coefficient (Wildman–Crippen LogP) is 1.34. The van der Waals surface area contributed by atoms with Crippen molar-refractivity contribution in [1.82, 2.24) is 0 Å². The Morgan fingerprint density at radius 3 is 2.64 bits per heavy atom. The smallest absolute Gasteiger partial charge is 0.147 e. The molecule has 0 saturated carbocycles. The Kier molecular flexibility index (Phi) is 1.96. The largest absolute Gasteiger partial charge is 0.758 e. The standard InChI is InChI=1S/C7H8FN2O/c1-10(11)7-3-2-5(9)4-6(7)8/h2-4H,9H2,1H3/q-1. The summed E-state index contributed by atoms with van der Waals surface area (Å²) in [6.07, 6.45) is 0. The first kappa shape index (κ1) is 7.81. The minimum absolute atomic E-state index is 0.000741. The van der Waals surface area contributed by atoms with Gasteiger partial charge in [0.05, 0.1) is 5.69 Å². The summed E-state index contributed by atoms with van der Waals surface area (Å²) in [5.74, 6) is -0.595. The Morgan fingerprint density at radius 2 is 2.18 bits per heavy atom. The Bertz CT molecular complexity index is 263. The third-order valence-electron chi connectivity index (χ3n) is 1.31. The highest BCUT2D eigenvalue weighted by molar-refractivity contribution is 5.54. The van der Waals surface area contributed by atoms with Crippen molar-refractivity contribution in [2.24, 2.45) is 0 Å². The minimum Gasteiger partial charge on any atom is -0.758 e. The molecule has 11 heavy (non-hydrogen) atoms. The summed E-state index contributed by atoms with van der Waals surface area (Å²) in [4.78, 5) is 0. The minimum atomic E-state index is -0.595. The van der Waals surface area contributed by atoms with E-state index in [0.717, 1.165) is 6.07 Å². The lowest BCUT2D eigenvalue weighted by molar-refractivity contribution is 0.628. The molecule has 2 N–H and O–H groups in total. The molecule has 0 aliphatic rings. The molecule has 1 aromatic rings. The fraction of sp³-hybridized carbons (Fsp3) is 0.143. The van der Waals surface area contributed by atoms with Crippen LogP contribution in [-0.2, 0) is 0 Å². The van der Waals surface area contributed by atoms with E-state index in [2.05, 4.69) is 0 Å². The molecule has 0 bridgehead atoms. The second kappa shape index (κ2) is 2.75. The Hall–Kier alpha value is -1.29. The van der Waals surface area contributed by atoms with Gasteiger partial charge in [0.25, 0.3) is 0 Å². The Labute approximate surface area is 63.8 Å². The molecular formula is C7H8FN2O-. The Balaban J connectivity index is 3.09. The molecule has 4 heteroatoms. The van der Waals surface area contributed by atoms with Crippen LogP contribution in [0.3, 0.4) is 0 Å². The highest BCUT2D eigenvalue weighted by Crippen LogP contribution is 2.19. The van der Waals surface area contributed by atoms with Gasteiger partial charge >= 0.3 is 0 Å². The summed E-state index contributed by atoms with van der Waals surface area (Å²) in [6.45, 7) is 0. The summed E-state index contributed by atoms with van der Waals surface area (Å²) in [5, 5.41) is 11.1. The van der Waals surface area contributed by atoms with Crippen molar-refractivity contribution in [2.75, 3.05) is 17.8 Å². The van der Waals surface area contributed by atoms with Crippen molar-refractivity contribution in [1.29, 1.82) is 0 Å². The monoisotopic (exact) mass is 155 g/mol. The van der Waals surface area contributed by atoms with Gasteiger partial charge in [0, 0.05) is 5.69 Å². The van der Waals surface area contributed by atoms with E-state index in [9.17, 15) is 9.60 Å². The zero-order valence-corrected chi connectivity index (χ0v) is 6.04. The summed E-state index contributed by atoms with van der Waals surface area (Å²) in [5.41, 5.74) is 5.58. The van der Waals surface area contributed by atoms with Gasteiger partial charge in [0.15, 0.2) is 0 Å². The lowest BCUT2D eigenvalue weighted by Crippen LogP contribution is -2.08. The van der Waals surface area contributed by atoms with Crippen LogP contribution in [0, 0.1) is 11.0 Å². The lowest BCUT2D eigenvalue weighted by Gasteiger charge is -2.24. The van der Waals surface area contributed by atoms with E-state index in [1.165, 1.54) is 19.2 Å². The number of halogens is 1. The number of hydrogen-bond donors (Lipinski definition) is 1. The SMILES string of the molecule is CN([O-])c1ccc(N)cc1F. The highest BCUT2D eigenvalue weighted by atomic mass is 19.1. The van der Waals surface area contributed by atoms with Crippen molar-refractivity contribution >= 4 is 11.4 Å². The molecule has 0 aliphatic carbocycles. The maximum atomic E-state index is 12.8. The van der Waals surface area contributed by atoms with Crippen LogP contribution in [0.5, 0.6) is 0 Å². The number of anilines is 2. The predicted molar refractivity (Wildman–Crippen MR) is 42.6 cm³/mol. The van der Waals surface area contributed by atoms with Crippen molar-refractivity contribution in [2.45, 2.75) is 0 Å². The third kappa shape index (κ3) is 1.59. The number of hydroxylamine groups is 1. The molecule has 0 unspecified atom stereocenters. The topological polar surface area (TPSA) is 52.3 Å². The second-order valence-corrected chi connectivity index (χ2v) is 2.21. The molecule has 1 aromatic carbocycles. The molecular weight excluding hydrogens is 147 g/mol. The first-order valence-corrected chi connectivity index (χ1v) is 3.07. The molecule has 1 rings (SSSR count). The second-order valence-electron chi connectivity index (χ2n) is 2.21. The van der Waals surface area contributed by atoms with Crippen LogP contribution in [-0.4, -0.2) is 7.05 Å². The number of benzene rings is 1. The molecule has 0 radical (unpaired) electrons. The van der Waals surface area contributed by atoms with Crippen molar-refractivity contribution in [3.8, 4) is 0 Å². The van der Waals surface area contributed by atoms with Crippen LogP contribution in [0.15, 0.2) is 18.2 Å². The lowest BCUT2D eigenvalue weighted by atomic mass is 10.3. The maximum Gasteiger partial charge on any atom is 0.147 e. The van der Waals surface area contributed by atoms with Gasteiger partial charge in [-0.15, -0.1) is 0 Å². The van der Waals surface area contributed by atoms with Crippen molar-refractivity contribution in [3.63, 3.8) is 0 Å². The van der Waals surface area contributed by atoms with Crippen LogP contribution in [0.2, 0.25) is 0 Å². The summed E-state index contributed by atoms with van der Waals surface area (Å²) in [7, 11) is 1.23. The Morgan fingerprint density at radius 1 is 1.55 bits per heavy atom. The van der Waals surface area contributed by atoms with Crippen LogP contribution >= 0.6 is 0 Å². The van der Waals surface area contributed by atoms with Gasteiger partial charge in [-0.05, 0) is 25.2 Å². The van der Waals surface area contributed by atoms with E-state index in [-0.39, 0.29) is 5.69 Å². The molecule has 0 atom stereocenters. The van der Waals surface area contributed by atoms with E-state index in [0.29, 0.717) is 10.8 Å². The number of nitrogen functional groups attached to an aromatic ring is 1. The number of rotatable bonds is 1. The molecule has 3 nitrogen and oxygen atoms in total. The van der Waals surface area contributed by atoms with E-state index in [1.807, 2.05) is 0 Å². The van der Waals surface area contributed by atoms with Gasteiger partial charge in [-0.25, -0.2) is 4.39 Å². The van der Waals surface area contributed by atoms with E-state index in [4.69, 9.17) is 5.73 Å². The quantitative estimate of drug-likeness (QED) is 0.491. The average Bonchev–Trinajstić information content (AvgIpc) is 1.85. The van der Waals surface area contributed by atoms with Crippen LogP contribution in [0.1, 0.15) is 0 Å². The van der Waals surface area contributed by atoms with Crippen LogP contribution in [0.25, 0.3) is 0 Å². The summed E-state index contributed by atoms with van der Waals surface area (Å²) < 4.78 is 12.8. The fourth-order valence-electron chi connectivity index (χ4n) is 0.779. The molecule has 0 fully saturated rings. The molecule has 0 saturated heterocycles. The van der Waals surface area contributed by atoms with Crippen LogP contribution < -0.4 is 10.8 Å². The average molecular weight is 155 g/mol. The van der Waals surface area contributed by atoms with E-state index >= 15 is 0 Å². The van der Waals surface area contributed by atoms with E-state index in [1.54, 1.807) is 0 Å². The fourth-order valence-corrected chi connectivity index (χ4v) is 0.779. The van der Waals surface area contributed by atoms with Gasteiger partial charge in [0.2, 0.25) is 0 Å². The maximum absolute atomic E-state index is 12.8. The highest BCUT2D eigenvalue weighted by Gasteiger charge is 1.99. The van der Waals surface area contributed by atoms with Crippen LogP contribution in [0.4, 0.5) is 15.8 Å². The summed E-state index contributed by atoms with van der Waals surface area (Å²) >= 11 is 0. The number of nitrogens with zero attached hydrogens (tertiary/aromatic N) is 1. The molecule has 0 heterocycles. The van der Waals surface area contributed by atoms with Gasteiger partial charge < -0.3 is 16.0 Å². The van der Waals surface area contributed by atoms with Crippen molar-refractivity contribution < 1.29 is 4.39 Å². The zero-order valence-electron chi connectivity index (χ0n) is 6.04. The van der Waals surface area contributed by atoms with Gasteiger partial charge in [-0.3, -0.25) is 0 Å². The first-order chi connectivity index (χ1) is 5.11. The third-order valence-corrected chi connectivity index (χ3v) is 1.31. The number of hydrogen-bond acceptors (Lipinski definition) is 3. The van der Waals surface area contributed by atoms with Crippen molar-refractivity contribution in [3.05, 3.63) is 29.2 Å².